The molecule has 2 heterocycles. The highest BCUT2D eigenvalue weighted by atomic mass is 16.3. The fourth-order valence-electron chi connectivity index (χ4n) is 2.37. The Balaban J connectivity index is 1.60. The molecule has 0 saturated carbocycles. The number of phenolic OH excluding ortho intramolecular Hbond substituents is 2. The standard InChI is InChI=1S/C16H12N6O2/c23-10-6-5-9(13(24)7-10)8-17-21-16-19-15-14(20-22-16)11-3-1-2-4-12(11)18-15/h1-8,23-24H,(H2,18,19,21,22)/b17-8+. The maximum Gasteiger partial charge on any atom is 0.265 e. The second-order valence-electron chi connectivity index (χ2n) is 5.12. The molecule has 0 aliphatic heterocycles. The molecule has 0 unspecified atom stereocenters. The Morgan fingerprint density at radius 3 is 2.83 bits per heavy atom. The van der Waals surface area contributed by atoms with Gasteiger partial charge in [0.25, 0.3) is 5.95 Å². The van der Waals surface area contributed by atoms with Crippen molar-refractivity contribution >= 4 is 34.2 Å². The number of hydrazone groups is 1. The SMILES string of the molecule is Oc1ccc(/C=N/Nc2nnc3c(n2)[nH]c2ccccc23)c(O)c1. The molecule has 0 fully saturated rings. The summed E-state index contributed by atoms with van der Waals surface area (Å²) in [5, 5.41) is 32.0. The van der Waals surface area contributed by atoms with Crippen molar-refractivity contribution in [3.8, 4) is 11.5 Å². The number of para-hydroxylation sites is 1. The normalized spacial score (nSPS) is 11.5. The van der Waals surface area contributed by atoms with Crippen molar-refractivity contribution in [3.63, 3.8) is 0 Å². The number of phenols is 2. The molecule has 2 aromatic carbocycles. The summed E-state index contributed by atoms with van der Waals surface area (Å²) in [5.74, 6) is 0.128. The van der Waals surface area contributed by atoms with Crippen LogP contribution in [0.25, 0.3) is 22.1 Å². The lowest BCUT2D eigenvalue weighted by molar-refractivity contribution is 0.450. The van der Waals surface area contributed by atoms with Crippen molar-refractivity contribution in [2.24, 2.45) is 5.10 Å². The number of anilines is 1. The Labute approximate surface area is 135 Å². The molecule has 4 N–H and O–H groups in total. The van der Waals surface area contributed by atoms with Crippen molar-refractivity contribution in [2.45, 2.75) is 0 Å². The van der Waals surface area contributed by atoms with Crippen LogP contribution in [-0.2, 0) is 0 Å². The monoisotopic (exact) mass is 320 g/mol. The minimum absolute atomic E-state index is 0.0191. The fourth-order valence-corrected chi connectivity index (χ4v) is 2.37. The van der Waals surface area contributed by atoms with Crippen LogP contribution in [-0.4, -0.2) is 36.6 Å². The van der Waals surface area contributed by atoms with Crippen LogP contribution in [0.2, 0.25) is 0 Å². The molecule has 0 saturated heterocycles. The number of benzene rings is 2. The topological polar surface area (TPSA) is 119 Å². The summed E-state index contributed by atoms with van der Waals surface area (Å²) in [6.07, 6.45) is 1.40. The zero-order chi connectivity index (χ0) is 16.5. The summed E-state index contributed by atoms with van der Waals surface area (Å²) < 4.78 is 0. The van der Waals surface area contributed by atoms with Crippen LogP contribution in [0.5, 0.6) is 11.5 Å². The predicted molar refractivity (Wildman–Crippen MR) is 90.2 cm³/mol. The molecule has 118 valence electrons. The lowest BCUT2D eigenvalue weighted by Crippen LogP contribution is -1.99. The van der Waals surface area contributed by atoms with E-state index in [2.05, 4.69) is 30.7 Å². The Kier molecular flexibility index (Phi) is 3.20. The van der Waals surface area contributed by atoms with Crippen LogP contribution in [0.3, 0.4) is 0 Å². The first kappa shape index (κ1) is 13.9. The van der Waals surface area contributed by atoms with Crippen LogP contribution in [0.4, 0.5) is 5.95 Å². The lowest BCUT2D eigenvalue weighted by Gasteiger charge is -2.00. The molecule has 2 aromatic heterocycles. The van der Waals surface area contributed by atoms with Crippen molar-refractivity contribution < 1.29 is 10.2 Å². The Morgan fingerprint density at radius 2 is 1.96 bits per heavy atom. The van der Waals surface area contributed by atoms with Gasteiger partial charge < -0.3 is 15.2 Å². The second-order valence-corrected chi connectivity index (χ2v) is 5.12. The van der Waals surface area contributed by atoms with Gasteiger partial charge in [-0.2, -0.15) is 10.1 Å². The minimum atomic E-state index is -0.0781. The van der Waals surface area contributed by atoms with Gasteiger partial charge in [0.2, 0.25) is 0 Å². The van der Waals surface area contributed by atoms with Gasteiger partial charge in [0.05, 0.1) is 6.21 Å². The number of aromatic nitrogens is 4. The molecule has 8 heteroatoms. The van der Waals surface area contributed by atoms with Gasteiger partial charge in [-0.3, -0.25) is 0 Å². The van der Waals surface area contributed by atoms with E-state index in [1.807, 2.05) is 24.3 Å². The lowest BCUT2D eigenvalue weighted by atomic mass is 10.2. The average Bonchev–Trinajstić information content (AvgIpc) is 2.94. The highest BCUT2D eigenvalue weighted by Crippen LogP contribution is 2.22. The maximum absolute atomic E-state index is 9.68. The van der Waals surface area contributed by atoms with Gasteiger partial charge in [0.1, 0.15) is 17.0 Å². The highest BCUT2D eigenvalue weighted by molar-refractivity contribution is 6.03. The third-order valence-corrected chi connectivity index (χ3v) is 3.50. The first-order valence-corrected chi connectivity index (χ1v) is 7.13. The van der Waals surface area contributed by atoms with E-state index in [1.54, 1.807) is 0 Å². The van der Waals surface area contributed by atoms with Gasteiger partial charge in [-0.15, -0.1) is 10.2 Å². The molecule has 0 amide bonds. The van der Waals surface area contributed by atoms with E-state index in [4.69, 9.17) is 0 Å². The molecule has 8 nitrogen and oxygen atoms in total. The molecule has 4 aromatic rings. The molecule has 0 radical (unpaired) electrons. The second kappa shape index (κ2) is 5.51. The van der Waals surface area contributed by atoms with E-state index >= 15 is 0 Å². The molecule has 0 aliphatic rings. The predicted octanol–water partition coefficient (Wildman–Crippen LogP) is 2.36. The number of nitrogens with zero attached hydrogens (tertiary/aromatic N) is 4. The van der Waals surface area contributed by atoms with Crippen molar-refractivity contribution in [1.82, 2.24) is 20.2 Å². The average molecular weight is 320 g/mol. The molecule has 0 atom stereocenters. The van der Waals surface area contributed by atoms with E-state index in [1.165, 1.54) is 24.4 Å². The van der Waals surface area contributed by atoms with Gasteiger partial charge in [-0.25, -0.2) is 5.43 Å². The first-order valence-electron chi connectivity index (χ1n) is 7.13. The molecule has 0 aliphatic carbocycles. The van der Waals surface area contributed by atoms with Crippen molar-refractivity contribution in [3.05, 3.63) is 48.0 Å². The number of aromatic amines is 1. The summed E-state index contributed by atoms with van der Waals surface area (Å²) >= 11 is 0. The molecule has 0 bridgehead atoms. The smallest absolute Gasteiger partial charge is 0.265 e. The van der Waals surface area contributed by atoms with Crippen LogP contribution in [0.15, 0.2) is 47.6 Å². The zero-order valence-corrected chi connectivity index (χ0v) is 12.3. The number of nitrogens with one attached hydrogen (secondary N) is 2. The summed E-state index contributed by atoms with van der Waals surface area (Å²) in [5.41, 5.74) is 5.34. The van der Waals surface area contributed by atoms with Gasteiger partial charge in [-0.05, 0) is 18.2 Å². The molecule has 24 heavy (non-hydrogen) atoms. The Bertz CT molecular complexity index is 1070. The zero-order valence-electron chi connectivity index (χ0n) is 12.3. The summed E-state index contributed by atoms with van der Waals surface area (Å²) in [4.78, 5) is 7.49. The van der Waals surface area contributed by atoms with Crippen molar-refractivity contribution in [1.29, 1.82) is 0 Å². The number of rotatable bonds is 3. The van der Waals surface area contributed by atoms with Crippen molar-refractivity contribution in [2.75, 3.05) is 5.43 Å². The highest BCUT2D eigenvalue weighted by Gasteiger charge is 2.08. The van der Waals surface area contributed by atoms with Gasteiger partial charge >= 0.3 is 0 Å². The van der Waals surface area contributed by atoms with Crippen LogP contribution in [0, 0.1) is 0 Å². The molecular formula is C16H12N6O2. The number of hydrogen-bond acceptors (Lipinski definition) is 7. The van der Waals surface area contributed by atoms with Crippen LogP contribution < -0.4 is 5.43 Å². The maximum atomic E-state index is 9.68. The third-order valence-electron chi connectivity index (χ3n) is 3.50. The van der Waals surface area contributed by atoms with Gasteiger partial charge in [0, 0.05) is 22.5 Å². The summed E-state index contributed by atoms with van der Waals surface area (Å²) in [6.45, 7) is 0. The molecule has 0 spiro atoms. The van der Waals surface area contributed by atoms with Gasteiger partial charge in [0.15, 0.2) is 5.65 Å². The van der Waals surface area contributed by atoms with E-state index < -0.39 is 0 Å². The third kappa shape index (κ3) is 2.45. The quantitative estimate of drug-likeness (QED) is 0.340. The largest absolute Gasteiger partial charge is 0.508 e. The van der Waals surface area contributed by atoms with Gasteiger partial charge in [-0.1, -0.05) is 18.2 Å². The fraction of sp³-hybridized carbons (Fsp3) is 0. The Morgan fingerprint density at radius 1 is 1.08 bits per heavy atom. The van der Waals surface area contributed by atoms with E-state index in [0.717, 1.165) is 10.9 Å². The minimum Gasteiger partial charge on any atom is -0.508 e. The van der Waals surface area contributed by atoms with E-state index in [9.17, 15) is 10.2 Å². The number of hydrogen-bond donors (Lipinski definition) is 4. The van der Waals surface area contributed by atoms with E-state index in [0.29, 0.717) is 16.7 Å². The number of H-pyrrole nitrogens is 1. The first-order chi connectivity index (χ1) is 11.7. The summed E-state index contributed by atoms with van der Waals surface area (Å²) in [7, 11) is 0. The van der Waals surface area contributed by atoms with Crippen LogP contribution >= 0.6 is 0 Å². The summed E-state index contributed by atoms with van der Waals surface area (Å²) in [6, 6.07) is 12.0. The van der Waals surface area contributed by atoms with E-state index in [-0.39, 0.29) is 17.4 Å². The molecular weight excluding hydrogens is 308 g/mol. The number of aromatic hydroxyl groups is 2. The number of fused-ring (bicyclic) bond motifs is 3. The van der Waals surface area contributed by atoms with Crippen LogP contribution in [0.1, 0.15) is 5.56 Å². The Hall–Kier alpha value is -3.68. The molecule has 4 rings (SSSR count).